The van der Waals surface area contributed by atoms with Crippen molar-refractivity contribution in [3.05, 3.63) is 24.3 Å². The van der Waals surface area contributed by atoms with E-state index in [1.165, 1.54) is 0 Å². The van der Waals surface area contributed by atoms with Crippen LogP contribution in [-0.2, 0) is 11.2 Å². The van der Waals surface area contributed by atoms with Crippen LogP contribution in [0.25, 0.3) is 11.6 Å². The molecule has 0 aromatic carbocycles. The van der Waals surface area contributed by atoms with Crippen molar-refractivity contribution < 1.29 is 18.8 Å². The molecule has 1 amide bonds. The van der Waals surface area contributed by atoms with Crippen molar-refractivity contribution in [2.75, 3.05) is 13.6 Å². The largest absolute Gasteiger partial charge is 0.461 e. The average molecular weight is 319 g/mol. The molecule has 124 valence electrons. The van der Waals surface area contributed by atoms with Crippen LogP contribution in [0.1, 0.15) is 31.6 Å². The van der Waals surface area contributed by atoms with E-state index in [0.717, 1.165) is 19.3 Å². The van der Waals surface area contributed by atoms with Gasteiger partial charge in [-0.05, 0) is 25.0 Å². The molecule has 1 aliphatic carbocycles. The Hall–Kier alpha value is -2.15. The molecule has 7 heteroatoms. The smallest absolute Gasteiger partial charge is 0.238 e. The van der Waals surface area contributed by atoms with Crippen LogP contribution >= 0.6 is 0 Å². The van der Waals surface area contributed by atoms with Gasteiger partial charge < -0.3 is 18.9 Å². The second kappa shape index (κ2) is 6.95. The molecule has 23 heavy (non-hydrogen) atoms. The third-order valence-electron chi connectivity index (χ3n) is 4.32. The maximum Gasteiger partial charge on any atom is 0.238 e. The highest BCUT2D eigenvalue weighted by molar-refractivity contribution is 5.76. The van der Waals surface area contributed by atoms with Gasteiger partial charge in [-0.25, -0.2) is 0 Å². The number of carbonyl (C=O) groups is 1. The number of carbonyl (C=O) groups excluding carboxylic acids is 1. The Balaban J connectivity index is 1.48. The van der Waals surface area contributed by atoms with Gasteiger partial charge >= 0.3 is 0 Å². The van der Waals surface area contributed by atoms with Crippen LogP contribution in [0, 0.1) is 5.92 Å². The fourth-order valence-corrected chi connectivity index (χ4v) is 2.95. The SMILES string of the molecule is CN(CC1CCCC1O)C(=O)CCc1nc(-c2ccco2)no1. The van der Waals surface area contributed by atoms with Crippen molar-refractivity contribution in [3.63, 3.8) is 0 Å². The molecule has 2 unspecified atom stereocenters. The maximum atomic E-state index is 12.2. The molecule has 7 nitrogen and oxygen atoms in total. The number of aryl methyl sites for hydroxylation is 1. The first-order valence-electron chi connectivity index (χ1n) is 7.92. The molecule has 0 spiro atoms. The lowest BCUT2D eigenvalue weighted by Crippen LogP contribution is -2.34. The van der Waals surface area contributed by atoms with Crippen molar-refractivity contribution in [1.82, 2.24) is 15.0 Å². The summed E-state index contributed by atoms with van der Waals surface area (Å²) in [5.74, 6) is 1.55. The summed E-state index contributed by atoms with van der Waals surface area (Å²) in [6, 6.07) is 3.50. The van der Waals surface area contributed by atoms with Gasteiger partial charge in [-0.2, -0.15) is 4.98 Å². The average Bonchev–Trinajstić information content (AvgIpc) is 3.26. The van der Waals surface area contributed by atoms with Crippen LogP contribution in [0.4, 0.5) is 0 Å². The molecule has 1 saturated carbocycles. The summed E-state index contributed by atoms with van der Waals surface area (Å²) in [7, 11) is 1.77. The summed E-state index contributed by atoms with van der Waals surface area (Å²) in [5.41, 5.74) is 0. The van der Waals surface area contributed by atoms with E-state index in [4.69, 9.17) is 8.94 Å². The molecule has 1 N–H and O–H groups in total. The highest BCUT2D eigenvalue weighted by Gasteiger charge is 2.27. The summed E-state index contributed by atoms with van der Waals surface area (Å²) >= 11 is 0. The molecule has 0 bridgehead atoms. The van der Waals surface area contributed by atoms with Gasteiger partial charge in [0, 0.05) is 32.4 Å². The first kappa shape index (κ1) is 15.7. The molecule has 2 aromatic rings. The molecule has 2 heterocycles. The predicted octanol–water partition coefficient (Wildman–Crippen LogP) is 1.88. The zero-order valence-corrected chi connectivity index (χ0v) is 13.1. The third kappa shape index (κ3) is 3.79. The summed E-state index contributed by atoms with van der Waals surface area (Å²) in [4.78, 5) is 18.1. The molecule has 2 atom stereocenters. The van der Waals surface area contributed by atoms with E-state index in [-0.39, 0.29) is 17.9 Å². The van der Waals surface area contributed by atoms with E-state index >= 15 is 0 Å². The summed E-state index contributed by atoms with van der Waals surface area (Å²) in [6.07, 6.45) is 4.81. The minimum atomic E-state index is -0.281. The maximum absolute atomic E-state index is 12.2. The lowest BCUT2D eigenvalue weighted by atomic mass is 10.1. The van der Waals surface area contributed by atoms with Gasteiger partial charge in [-0.1, -0.05) is 11.6 Å². The molecule has 0 saturated heterocycles. The normalized spacial score (nSPS) is 20.8. The molecule has 3 rings (SSSR count). The molecule has 1 fully saturated rings. The fraction of sp³-hybridized carbons (Fsp3) is 0.562. The molecular formula is C16H21N3O4. The number of aliphatic hydroxyl groups excluding tert-OH is 1. The number of hydrogen-bond donors (Lipinski definition) is 1. The quantitative estimate of drug-likeness (QED) is 0.874. The van der Waals surface area contributed by atoms with Gasteiger partial charge in [0.1, 0.15) is 0 Å². The number of hydrogen-bond acceptors (Lipinski definition) is 6. The molecular weight excluding hydrogens is 298 g/mol. The van der Waals surface area contributed by atoms with E-state index in [1.54, 1.807) is 30.3 Å². The monoisotopic (exact) mass is 319 g/mol. The second-order valence-corrected chi connectivity index (χ2v) is 6.02. The van der Waals surface area contributed by atoms with Crippen molar-refractivity contribution in [3.8, 4) is 11.6 Å². The Labute approximate surface area is 134 Å². The Morgan fingerprint density at radius 2 is 2.35 bits per heavy atom. The first-order chi connectivity index (χ1) is 11.1. The van der Waals surface area contributed by atoms with E-state index in [2.05, 4.69) is 10.1 Å². The number of aliphatic hydroxyl groups is 1. The van der Waals surface area contributed by atoms with Crippen LogP contribution in [0.5, 0.6) is 0 Å². The summed E-state index contributed by atoms with van der Waals surface area (Å²) in [5, 5.41) is 13.7. The standard InChI is InChI=1S/C16H21N3O4/c1-19(10-11-4-2-5-12(11)20)15(21)8-7-14-17-16(18-23-14)13-6-3-9-22-13/h3,6,9,11-12,20H,2,4-5,7-8,10H2,1H3. The van der Waals surface area contributed by atoms with E-state index in [0.29, 0.717) is 36.9 Å². The summed E-state index contributed by atoms with van der Waals surface area (Å²) < 4.78 is 10.3. The van der Waals surface area contributed by atoms with Crippen LogP contribution < -0.4 is 0 Å². The highest BCUT2D eigenvalue weighted by Crippen LogP contribution is 2.26. The third-order valence-corrected chi connectivity index (χ3v) is 4.32. The van der Waals surface area contributed by atoms with Gasteiger partial charge in [0.05, 0.1) is 12.4 Å². The lowest BCUT2D eigenvalue weighted by molar-refractivity contribution is -0.130. The summed E-state index contributed by atoms with van der Waals surface area (Å²) in [6.45, 7) is 0.599. The van der Waals surface area contributed by atoms with Gasteiger partial charge in [-0.3, -0.25) is 4.79 Å². The second-order valence-electron chi connectivity index (χ2n) is 6.02. The minimum Gasteiger partial charge on any atom is -0.461 e. The van der Waals surface area contributed by atoms with Crippen molar-refractivity contribution in [1.29, 1.82) is 0 Å². The Kier molecular flexibility index (Phi) is 4.76. The molecule has 0 aliphatic heterocycles. The van der Waals surface area contributed by atoms with Gasteiger partial charge in [-0.15, -0.1) is 0 Å². The van der Waals surface area contributed by atoms with Crippen LogP contribution in [-0.4, -0.2) is 45.8 Å². The fourth-order valence-electron chi connectivity index (χ4n) is 2.95. The van der Waals surface area contributed by atoms with Gasteiger partial charge in [0.25, 0.3) is 0 Å². The van der Waals surface area contributed by atoms with Crippen molar-refractivity contribution >= 4 is 5.91 Å². The van der Waals surface area contributed by atoms with Gasteiger partial charge in [0.2, 0.25) is 17.6 Å². The van der Waals surface area contributed by atoms with Crippen LogP contribution in [0.2, 0.25) is 0 Å². The Morgan fingerprint density at radius 1 is 1.48 bits per heavy atom. The number of rotatable bonds is 6. The van der Waals surface area contributed by atoms with E-state index in [9.17, 15) is 9.90 Å². The van der Waals surface area contributed by atoms with Crippen molar-refractivity contribution in [2.24, 2.45) is 5.92 Å². The first-order valence-corrected chi connectivity index (χ1v) is 7.92. The van der Waals surface area contributed by atoms with Crippen LogP contribution in [0.15, 0.2) is 27.3 Å². The molecule has 1 aliphatic rings. The Morgan fingerprint density at radius 3 is 3.04 bits per heavy atom. The number of furan rings is 1. The zero-order chi connectivity index (χ0) is 16.2. The lowest BCUT2D eigenvalue weighted by Gasteiger charge is -2.23. The van der Waals surface area contributed by atoms with Crippen molar-refractivity contribution in [2.45, 2.75) is 38.2 Å². The number of nitrogens with zero attached hydrogens (tertiary/aromatic N) is 3. The Bertz CT molecular complexity index is 638. The minimum absolute atomic E-state index is 0.0156. The number of amides is 1. The highest BCUT2D eigenvalue weighted by atomic mass is 16.5. The molecule has 2 aromatic heterocycles. The number of aromatic nitrogens is 2. The predicted molar refractivity (Wildman–Crippen MR) is 81.3 cm³/mol. The topological polar surface area (TPSA) is 92.6 Å². The molecule has 0 radical (unpaired) electrons. The zero-order valence-electron chi connectivity index (χ0n) is 13.1. The van der Waals surface area contributed by atoms with Gasteiger partial charge in [0.15, 0.2) is 5.76 Å². The van der Waals surface area contributed by atoms with Crippen LogP contribution in [0.3, 0.4) is 0 Å². The van der Waals surface area contributed by atoms with E-state index < -0.39 is 0 Å². The van der Waals surface area contributed by atoms with E-state index in [1.807, 2.05) is 0 Å².